The van der Waals surface area contributed by atoms with E-state index >= 15 is 0 Å². The van der Waals surface area contributed by atoms with Crippen LogP contribution in [0.5, 0.6) is 0 Å². The summed E-state index contributed by atoms with van der Waals surface area (Å²) in [6.45, 7) is 1.74. The first-order chi connectivity index (χ1) is 10.8. The van der Waals surface area contributed by atoms with E-state index in [0.29, 0.717) is 18.2 Å². The minimum absolute atomic E-state index is 0.293. The van der Waals surface area contributed by atoms with E-state index in [9.17, 15) is 4.79 Å². The maximum absolute atomic E-state index is 12.3. The Balaban J connectivity index is 1.40. The zero-order valence-electron chi connectivity index (χ0n) is 12.6. The van der Waals surface area contributed by atoms with Gasteiger partial charge in [0, 0.05) is 49.4 Å². The van der Waals surface area contributed by atoms with Crippen molar-refractivity contribution >= 4 is 17.2 Å². The summed E-state index contributed by atoms with van der Waals surface area (Å²) >= 11 is 1.73. The molecule has 1 aliphatic rings. The molecule has 3 rings (SSSR count). The highest BCUT2D eigenvalue weighted by atomic mass is 32.1. The average molecular weight is 315 g/mol. The number of likely N-dealkylation sites (tertiary alicyclic amines) is 1. The van der Waals surface area contributed by atoms with Crippen molar-refractivity contribution in [2.75, 3.05) is 13.1 Å². The van der Waals surface area contributed by atoms with E-state index in [1.54, 1.807) is 17.5 Å². The van der Waals surface area contributed by atoms with Crippen LogP contribution in [0.25, 0.3) is 0 Å². The van der Waals surface area contributed by atoms with Gasteiger partial charge in [0.1, 0.15) is 0 Å². The Labute approximate surface area is 135 Å². The standard InChI is InChI=1S/C17H21N3OS/c21-16(5-1-3-14-4-2-8-18-13-14)20-10-6-15(7-11-20)17-19-9-12-22-17/h2,4,8-9,12-13,15H,1,3,5-7,10-11H2. The molecule has 0 atom stereocenters. The summed E-state index contributed by atoms with van der Waals surface area (Å²) in [6.07, 6.45) is 10.1. The van der Waals surface area contributed by atoms with E-state index < -0.39 is 0 Å². The highest BCUT2D eigenvalue weighted by molar-refractivity contribution is 7.09. The Morgan fingerprint density at radius 3 is 2.86 bits per heavy atom. The van der Waals surface area contributed by atoms with Crippen molar-refractivity contribution in [2.45, 2.75) is 38.0 Å². The van der Waals surface area contributed by atoms with Crippen LogP contribution < -0.4 is 0 Å². The summed E-state index contributed by atoms with van der Waals surface area (Å²) in [4.78, 5) is 22.8. The third-order valence-corrected chi connectivity index (χ3v) is 5.17. The lowest BCUT2D eigenvalue weighted by Crippen LogP contribution is -2.37. The molecule has 0 unspecified atom stereocenters. The maximum atomic E-state index is 12.3. The van der Waals surface area contributed by atoms with Gasteiger partial charge in [0.15, 0.2) is 0 Å². The number of rotatable bonds is 5. The Kier molecular flexibility index (Phi) is 5.16. The van der Waals surface area contributed by atoms with Gasteiger partial charge in [0.05, 0.1) is 5.01 Å². The number of piperidine rings is 1. The molecule has 1 saturated heterocycles. The van der Waals surface area contributed by atoms with E-state index in [-0.39, 0.29) is 0 Å². The molecule has 22 heavy (non-hydrogen) atoms. The Morgan fingerprint density at radius 1 is 1.32 bits per heavy atom. The normalized spacial score (nSPS) is 15.9. The van der Waals surface area contributed by atoms with E-state index in [1.807, 2.05) is 28.7 Å². The van der Waals surface area contributed by atoms with Gasteiger partial charge in [-0.2, -0.15) is 0 Å². The molecule has 2 aromatic rings. The second-order valence-corrected chi connectivity index (χ2v) is 6.67. The molecule has 2 aromatic heterocycles. The van der Waals surface area contributed by atoms with Gasteiger partial charge < -0.3 is 4.90 Å². The molecule has 0 aliphatic carbocycles. The molecule has 116 valence electrons. The Bertz CT molecular complexity index is 577. The number of hydrogen-bond acceptors (Lipinski definition) is 4. The Hall–Kier alpha value is -1.75. The minimum Gasteiger partial charge on any atom is -0.343 e. The maximum Gasteiger partial charge on any atom is 0.222 e. The lowest BCUT2D eigenvalue weighted by molar-refractivity contribution is -0.132. The van der Waals surface area contributed by atoms with Crippen molar-refractivity contribution in [2.24, 2.45) is 0 Å². The zero-order chi connectivity index (χ0) is 15.2. The molecule has 0 bridgehead atoms. The van der Waals surface area contributed by atoms with Crippen molar-refractivity contribution in [3.63, 3.8) is 0 Å². The first-order valence-electron chi connectivity index (χ1n) is 7.89. The summed E-state index contributed by atoms with van der Waals surface area (Å²) in [5.74, 6) is 0.834. The highest BCUT2D eigenvalue weighted by Crippen LogP contribution is 2.29. The molecular formula is C17H21N3OS. The molecule has 0 radical (unpaired) electrons. The summed E-state index contributed by atoms with van der Waals surface area (Å²) in [7, 11) is 0. The highest BCUT2D eigenvalue weighted by Gasteiger charge is 2.24. The molecule has 0 saturated carbocycles. The van der Waals surface area contributed by atoms with Crippen LogP contribution in [0.3, 0.4) is 0 Å². The number of aryl methyl sites for hydroxylation is 1. The van der Waals surface area contributed by atoms with E-state index in [1.165, 1.54) is 10.6 Å². The van der Waals surface area contributed by atoms with Gasteiger partial charge in [-0.15, -0.1) is 11.3 Å². The number of hydrogen-bond donors (Lipinski definition) is 0. The molecule has 3 heterocycles. The van der Waals surface area contributed by atoms with Crippen LogP contribution >= 0.6 is 11.3 Å². The van der Waals surface area contributed by atoms with Crippen molar-refractivity contribution in [1.29, 1.82) is 0 Å². The third kappa shape index (κ3) is 3.91. The molecule has 1 aliphatic heterocycles. The number of carbonyl (C=O) groups is 1. The largest absolute Gasteiger partial charge is 0.343 e. The molecule has 0 aromatic carbocycles. The minimum atomic E-state index is 0.293. The van der Waals surface area contributed by atoms with Crippen LogP contribution in [0.15, 0.2) is 36.1 Å². The Morgan fingerprint density at radius 2 is 2.18 bits per heavy atom. The van der Waals surface area contributed by atoms with Crippen molar-refractivity contribution in [3.8, 4) is 0 Å². The number of nitrogens with zero attached hydrogens (tertiary/aromatic N) is 3. The van der Waals surface area contributed by atoms with Crippen molar-refractivity contribution < 1.29 is 4.79 Å². The van der Waals surface area contributed by atoms with Crippen LogP contribution in [0.1, 0.15) is 42.2 Å². The van der Waals surface area contributed by atoms with Crippen molar-refractivity contribution in [1.82, 2.24) is 14.9 Å². The molecule has 5 heteroatoms. The fraction of sp³-hybridized carbons (Fsp3) is 0.471. The topological polar surface area (TPSA) is 46.1 Å². The average Bonchev–Trinajstić information content (AvgIpc) is 3.10. The molecular weight excluding hydrogens is 294 g/mol. The SMILES string of the molecule is O=C(CCCc1cccnc1)N1CCC(c2nccs2)CC1. The van der Waals surface area contributed by atoms with Crippen LogP contribution in [-0.4, -0.2) is 33.9 Å². The molecule has 1 amide bonds. The summed E-state index contributed by atoms with van der Waals surface area (Å²) in [6, 6.07) is 4.01. The van der Waals surface area contributed by atoms with Gasteiger partial charge in [-0.1, -0.05) is 6.07 Å². The van der Waals surface area contributed by atoms with Gasteiger partial charge in [-0.05, 0) is 37.3 Å². The van der Waals surface area contributed by atoms with Gasteiger partial charge in [-0.3, -0.25) is 9.78 Å². The summed E-state index contributed by atoms with van der Waals surface area (Å²) in [5, 5.41) is 3.26. The summed E-state index contributed by atoms with van der Waals surface area (Å²) < 4.78 is 0. The number of pyridine rings is 1. The lowest BCUT2D eigenvalue weighted by atomic mass is 9.97. The first kappa shape index (κ1) is 15.2. The second kappa shape index (κ2) is 7.49. The summed E-state index contributed by atoms with van der Waals surface area (Å²) in [5.41, 5.74) is 1.21. The number of carbonyl (C=O) groups excluding carboxylic acids is 1. The van der Waals surface area contributed by atoms with E-state index in [2.05, 4.69) is 16.0 Å². The number of aromatic nitrogens is 2. The second-order valence-electron chi connectivity index (χ2n) is 5.74. The van der Waals surface area contributed by atoms with E-state index in [0.717, 1.165) is 38.8 Å². The first-order valence-corrected chi connectivity index (χ1v) is 8.77. The van der Waals surface area contributed by atoms with Crippen LogP contribution in [0.2, 0.25) is 0 Å². The van der Waals surface area contributed by atoms with Gasteiger partial charge in [0.25, 0.3) is 0 Å². The molecule has 0 N–H and O–H groups in total. The number of thiazole rings is 1. The fourth-order valence-corrected chi connectivity index (χ4v) is 3.77. The number of amides is 1. The van der Waals surface area contributed by atoms with Gasteiger partial charge in [0.2, 0.25) is 5.91 Å². The smallest absolute Gasteiger partial charge is 0.222 e. The third-order valence-electron chi connectivity index (χ3n) is 4.23. The molecule has 4 nitrogen and oxygen atoms in total. The van der Waals surface area contributed by atoms with Crippen LogP contribution in [0, 0.1) is 0 Å². The van der Waals surface area contributed by atoms with Crippen LogP contribution in [-0.2, 0) is 11.2 Å². The van der Waals surface area contributed by atoms with Gasteiger partial charge >= 0.3 is 0 Å². The molecule has 0 spiro atoms. The predicted molar refractivity (Wildman–Crippen MR) is 87.8 cm³/mol. The van der Waals surface area contributed by atoms with E-state index in [4.69, 9.17) is 0 Å². The fourth-order valence-electron chi connectivity index (χ4n) is 2.96. The predicted octanol–water partition coefficient (Wildman–Crippen LogP) is 3.27. The van der Waals surface area contributed by atoms with Crippen molar-refractivity contribution in [3.05, 3.63) is 46.7 Å². The van der Waals surface area contributed by atoms with Crippen LogP contribution in [0.4, 0.5) is 0 Å². The quantitative estimate of drug-likeness (QED) is 0.851. The monoisotopic (exact) mass is 315 g/mol. The molecule has 1 fully saturated rings. The zero-order valence-corrected chi connectivity index (χ0v) is 13.5. The van der Waals surface area contributed by atoms with Gasteiger partial charge in [-0.25, -0.2) is 4.98 Å². The lowest BCUT2D eigenvalue weighted by Gasteiger charge is -2.31.